The number of carbonyl (C=O) groups excluding carboxylic acids is 1. The van der Waals surface area contributed by atoms with Crippen molar-refractivity contribution in [3.05, 3.63) is 22.7 Å². The standard InChI is InChI=1S/C15H17Cl2N3O3/c1-4-10-7(2)13(22-8(3)21)15(23-10)20-6-18-12-9(20)5-11(16)19-14(12)17/h5-7,10,13,15H,4H2,1-3H3/t7-,10-,13-,15-/m1/s1. The van der Waals surface area contributed by atoms with E-state index in [9.17, 15) is 4.79 Å². The Balaban J connectivity index is 2.06. The second-order valence-corrected chi connectivity index (χ2v) is 6.41. The first kappa shape index (κ1) is 16.5. The van der Waals surface area contributed by atoms with Gasteiger partial charge in [-0.2, -0.15) is 0 Å². The first-order valence-electron chi connectivity index (χ1n) is 7.43. The van der Waals surface area contributed by atoms with E-state index in [1.54, 1.807) is 17.0 Å². The minimum absolute atomic E-state index is 0.00502. The molecule has 1 aliphatic heterocycles. The summed E-state index contributed by atoms with van der Waals surface area (Å²) in [7, 11) is 0. The molecule has 0 spiro atoms. The Morgan fingerprint density at radius 3 is 2.87 bits per heavy atom. The highest BCUT2D eigenvalue weighted by Gasteiger charge is 2.44. The van der Waals surface area contributed by atoms with E-state index in [0.717, 1.165) is 6.42 Å². The molecule has 4 atom stereocenters. The fourth-order valence-electron chi connectivity index (χ4n) is 3.07. The molecular formula is C15H17Cl2N3O3. The Morgan fingerprint density at radius 2 is 2.22 bits per heavy atom. The van der Waals surface area contributed by atoms with Crippen molar-refractivity contribution in [1.82, 2.24) is 14.5 Å². The molecule has 0 N–H and O–H groups in total. The van der Waals surface area contributed by atoms with Gasteiger partial charge in [0, 0.05) is 18.9 Å². The van der Waals surface area contributed by atoms with E-state index < -0.39 is 12.3 Å². The number of fused-ring (bicyclic) bond motifs is 1. The Morgan fingerprint density at radius 1 is 1.48 bits per heavy atom. The number of esters is 1. The molecule has 2 aromatic heterocycles. The van der Waals surface area contributed by atoms with Crippen LogP contribution in [-0.2, 0) is 14.3 Å². The summed E-state index contributed by atoms with van der Waals surface area (Å²) in [5.74, 6) is -0.270. The van der Waals surface area contributed by atoms with Crippen LogP contribution in [0, 0.1) is 5.92 Å². The third-order valence-electron chi connectivity index (χ3n) is 4.17. The quantitative estimate of drug-likeness (QED) is 0.619. The second-order valence-electron chi connectivity index (χ2n) is 5.66. The van der Waals surface area contributed by atoms with Gasteiger partial charge < -0.3 is 9.47 Å². The van der Waals surface area contributed by atoms with Crippen molar-refractivity contribution < 1.29 is 14.3 Å². The zero-order chi connectivity index (χ0) is 16.7. The van der Waals surface area contributed by atoms with Crippen molar-refractivity contribution in [3.8, 4) is 0 Å². The van der Waals surface area contributed by atoms with E-state index in [2.05, 4.69) is 9.97 Å². The fourth-order valence-corrected chi connectivity index (χ4v) is 3.54. The molecule has 23 heavy (non-hydrogen) atoms. The van der Waals surface area contributed by atoms with E-state index in [1.807, 2.05) is 13.8 Å². The van der Waals surface area contributed by atoms with Crippen LogP contribution in [0.2, 0.25) is 10.3 Å². The normalized spacial score (nSPS) is 27.5. The van der Waals surface area contributed by atoms with Gasteiger partial charge in [-0.3, -0.25) is 9.36 Å². The summed E-state index contributed by atoms with van der Waals surface area (Å²) >= 11 is 12.1. The lowest BCUT2D eigenvalue weighted by Crippen LogP contribution is -2.29. The van der Waals surface area contributed by atoms with E-state index in [-0.39, 0.29) is 28.3 Å². The summed E-state index contributed by atoms with van der Waals surface area (Å²) in [6.07, 6.45) is 1.56. The van der Waals surface area contributed by atoms with Crippen LogP contribution < -0.4 is 0 Å². The first-order valence-corrected chi connectivity index (χ1v) is 8.19. The van der Waals surface area contributed by atoms with Gasteiger partial charge in [-0.25, -0.2) is 9.97 Å². The van der Waals surface area contributed by atoms with Gasteiger partial charge in [0.1, 0.15) is 10.7 Å². The molecule has 3 heterocycles. The van der Waals surface area contributed by atoms with Gasteiger partial charge in [-0.05, 0) is 6.42 Å². The number of pyridine rings is 1. The average Bonchev–Trinajstić information content (AvgIpc) is 3.01. The number of aromatic nitrogens is 3. The number of nitrogens with zero attached hydrogens (tertiary/aromatic N) is 3. The van der Waals surface area contributed by atoms with Crippen molar-refractivity contribution in [2.45, 2.75) is 45.6 Å². The second kappa shape index (κ2) is 6.26. The predicted octanol–water partition coefficient (Wildman–Crippen LogP) is 3.61. The maximum Gasteiger partial charge on any atom is 0.303 e. The van der Waals surface area contributed by atoms with Crippen molar-refractivity contribution in [3.63, 3.8) is 0 Å². The lowest BCUT2D eigenvalue weighted by molar-refractivity contribution is -0.153. The van der Waals surface area contributed by atoms with Crippen LogP contribution in [0.3, 0.4) is 0 Å². The number of hydrogen-bond donors (Lipinski definition) is 0. The molecule has 8 heteroatoms. The van der Waals surface area contributed by atoms with E-state index >= 15 is 0 Å². The van der Waals surface area contributed by atoms with Gasteiger partial charge in [0.2, 0.25) is 0 Å². The molecule has 0 amide bonds. The molecule has 124 valence electrons. The van der Waals surface area contributed by atoms with Gasteiger partial charge in [-0.1, -0.05) is 37.0 Å². The molecule has 0 saturated carbocycles. The Labute approximate surface area is 143 Å². The van der Waals surface area contributed by atoms with Crippen LogP contribution in [0.25, 0.3) is 11.0 Å². The summed E-state index contributed by atoms with van der Waals surface area (Å²) in [5, 5.41) is 0.500. The van der Waals surface area contributed by atoms with Gasteiger partial charge in [0.25, 0.3) is 0 Å². The molecule has 0 aromatic carbocycles. The molecule has 1 saturated heterocycles. The predicted molar refractivity (Wildman–Crippen MR) is 86.5 cm³/mol. The van der Waals surface area contributed by atoms with Gasteiger partial charge in [0.15, 0.2) is 17.5 Å². The Kier molecular flexibility index (Phi) is 4.49. The molecule has 0 aliphatic carbocycles. The van der Waals surface area contributed by atoms with Gasteiger partial charge in [0.05, 0.1) is 17.9 Å². The molecule has 2 aromatic rings. The van der Waals surface area contributed by atoms with E-state index in [1.165, 1.54) is 6.92 Å². The first-order chi connectivity index (χ1) is 10.9. The number of ether oxygens (including phenoxy) is 2. The van der Waals surface area contributed by atoms with Crippen LogP contribution >= 0.6 is 23.2 Å². The van der Waals surface area contributed by atoms with Crippen molar-refractivity contribution >= 4 is 40.2 Å². The lowest BCUT2D eigenvalue weighted by Gasteiger charge is -2.22. The molecule has 0 unspecified atom stereocenters. The monoisotopic (exact) mass is 357 g/mol. The fraction of sp³-hybridized carbons (Fsp3) is 0.533. The van der Waals surface area contributed by atoms with Crippen molar-refractivity contribution in [1.29, 1.82) is 0 Å². The minimum atomic E-state index is -0.474. The average molecular weight is 358 g/mol. The van der Waals surface area contributed by atoms with Crippen LogP contribution in [-0.4, -0.2) is 32.7 Å². The van der Waals surface area contributed by atoms with Crippen LogP contribution in [0.5, 0.6) is 0 Å². The molecular weight excluding hydrogens is 341 g/mol. The van der Waals surface area contributed by atoms with Crippen LogP contribution in [0.1, 0.15) is 33.4 Å². The minimum Gasteiger partial charge on any atom is -0.457 e. The molecule has 1 fully saturated rings. The number of hydrogen-bond acceptors (Lipinski definition) is 5. The molecule has 1 aliphatic rings. The Bertz CT molecular complexity index is 749. The number of halogens is 2. The molecule has 0 radical (unpaired) electrons. The van der Waals surface area contributed by atoms with Gasteiger partial charge >= 0.3 is 5.97 Å². The van der Waals surface area contributed by atoms with Crippen LogP contribution in [0.4, 0.5) is 0 Å². The zero-order valence-corrected chi connectivity index (χ0v) is 14.5. The summed E-state index contributed by atoms with van der Waals surface area (Å²) < 4.78 is 13.4. The maximum absolute atomic E-state index is 11.5. The number of rotatable bonds is 3. The van der Waals surface area contributed by atoms with Crippen LogP contribution in [0.15, 0.2) is 12.4 Å². The highest BCUT2D eigenvalue weighted by Crippen LogP contribution is 2.39. The summed E-state index contributed by atoms with van der Waals surface area (Å²) in [5.41, 5.74) is 1.23. The number of carbonyl (C=O) groups is 1. The third-order valence-corrected chi connectivity index (χ3v) is 4.62. The third kappa shape index (κ3) is 2.91. The topological polar surface area (TPSA) is 66.2 Å². The van der Waals surface area contributed by atoms with Crippen molar-refractivity contribution in [2.75, 3.05) is 0 Å². The lowest BCUT2D eigenvalue weighted by atomic mass is 9.98. The summed E-state index contributed by atoms with van der Waals surface area (Å²) in [6, 6.07) is 1.67. The van der Waals surface area contributed by atoms with Crippen molar-refractivity contribution in [2.24, 2.45) is 5.92 Å². The molecule has 3 rings (SSSR count). The Hall–Kier alpha value is -1.37. The largest absolute Gasteiger partial charge is 0.457 e. The van der Waals surface area contributed by atoms with E-state index in [0.29, 0.717) is 11.0 Å². The molecule has 0 bridgehead atoms. The van der Waals surface area contributed by atoms with Gasteiger partial charge in [-0.15, -0.1) is 0 Å². The highest BCUT2D eigenvalue weighted by atomic mass is 35.5. The zero-order valence-electron chi connectivity index (χ0n) is 13.0. The summed E-state index contributed by atoms with van der Waals surface area (Å²) in [4.78, 5) is 19.7. The molecule has 6 nitrogen and oxygen atoms in total. The van der Waals surface area contributed by atoms with E-state index in [4.69, 9.17) is 32.7 Å². The summed E-state index contributed by atoms with van der Waals surface area (Å²) in [6.45, 7) is 5.45. The maximum atomic E-state index is 11.5. The number of imidazole rings is 1. The SMILES string of the molecule is CC[C@H]1O[C@@H](n2cnc3c(Cl)nc(Cl)cc32)[C@H](OC(C)=O)[C@@H]1C. The highest BCUT2D eigenvalue weighted by molar-refractivity contribution is 6.36. The smallest absolute Gasteiger partial charge is 0.303 e.